The lowest BCUT2D eigenvalue weighted by molar-refractivity contribution is -0.133. The number of aliphatic hydroxyl groups excluding tert-OH is 1. The van der Waals surface area contributed by atoms with Crippen LogP contribution in [-0.2, 0) is 11.2 Å². The molecular formula is C18H28N2O3. The summed E-state index contributed by atoms with van der Waals surface area (Å²) in [5, 5.41) is 9.71. The topological polar surface area (TPSA) is 53.0 Å². The van der Waals surface area contributed by atoms with Crippen LogP contribution in [0.25, 0.3) is 0 Å². The maximum atomic E-state index is 12.3. The van der Waals surface area contributed by atoms with E-state index in [4.69, 9.17) is 4.74 Å². The van der Waals surface area contributed by atoms with E-state index in [9.17, 15) is 9.90 Å². The zero-order valence-corrected chi connectivity index (χ0v) is 14.2. The minimum absolute atomic E-state index is 0.212. The monoisotopic (exact) mass is 320 g/mol. The maximum absolute atomic E-state index is 12.3. The number of rotatable bonds is 7. The molecule has 5 heteroatoms. The third-order valence-electron chi connectivity index (χ3n) is 4.43. The number of ether oxygens (including phenoxy) is 1. The number of hydrogen-bond donors (Lipinski definition) is 1. The minimum Gasteiger partial charge on any atom is -0.497 e. The van der Waals surface area contributed by atoms with E-state index in [1.807, 2.05) is 36.1 Å². The van der Waals surface area contributed by atoms with Crippen LogP contribution >= 0.6 is 0 Å². The van der Waals surface area contributed by atoms with Crippen LogP contribution < -0.4 is 4.74 Å². The first-order valence-corrected chi connectivity index (χ1v) is 8.43. The number of β-amino-alcohol motifs (C(OH)–C–C–N with tert-alkyl or cyclic N) is 1. The van der Waals surface area contributed by atoms with E-state index < -0.39 is 0 Å². The molecule has 2 rings (SSSR count). The predicted octanol–water partition coefficient (Wildman–Crippen LogP) is 1.54. The van der Waals surface area contributed by atoms with Gasteiger partial charge in [0.25, 0.3) is 0 Å². The molecule has 1 amide bonds. The van der Waals surface area contributed by atoms with Crippen LogP contribution in [-0.4, -0.2) is 66.8 Å². The molecule has 1 atom stereocenters. The van der Waals surface area contributed by atoms with Gasteiger partial charge in [-0.2, -0.15) is 0 Å². The fourth-order valence-electron chi connectivity index (χ4n) is 2.84. The Kier molecular flexibility index (Phi) is 6.86. The average molecular weight is 320 g/mol. The van der Waals surface area contributed by atoms with Crippen molar-refractivity contribution in [1.82, 2.24) is 9.80 Å². The number of hydrogen-bond acceptors (Lipinski definition) is 4. The van der Waals surface area contributed by atoms with Crippen molar-refractivity contribution in [3.63, 3.8) is 0 Å². The van der Waals surface area contributed by atoms with Crippen LogP contribution in [0.15, 0.2) is 24.3 Å². The summed E-state index contributed by atoms with van der Waals surface area (Å²) in [6.45, 7) is 5.91. The summed E-state index contributed by atoms with van der Waals surface area (Å²) in [5.41, 5.74) is 1.13. The Labute approximate surface area is 138 Å². The quantitative estimate of drug-likeness (QED) is 0.828. The molecule has 0 spiro atoms. The fraction of sp³-hybridized carbons (Fsp3) is 0.611. The van der Waals surface area contributed by atoms with E-state index in [2.05, 4.69) is 4.90 Å². The van der Waals surface area contributed by atoms with E-state index in [-0.39, 0.29) is 12.0 Å². The molecule has 0 aromatic heterocycles. The lowest BCUT2D eigenvalue weighted by Gasteiger charge is -2.35. The Hall–Kier alpha value is -1.59. The smallest absolute Gasteiger partial charge is 0.222 e. The number of aliphatic hydroxyl groups is 1. The highest BCUT2D eigenvalue weighted by molar-refractivity contribution is 5.76. The van der Waals surface area contributed by atoms with Gasteiger partial charge in [-0.25, -0.2) is 0 Å². The van der Waals surface area contributed by atoms with Crippen LogP contribution in [0.2, 0.25) is 0 Å². The van der Waals surface area contributed by atoms with Gasteiger partial charge in [-0.3, -0.25) is 9.69 Å². The highest BCUT2D eigenvalue weighted by Gasteiger charge is 2.21. The van der Waals surface area contributed by atoms with E-state index in [0.29, 0.717) is 13.0 Å². The normalized spacial score (nSPS) is 17.1. The molecule has 1 aliphatic heterocycles. The van der Waals surface area contributed by atoms with Gasteiger partial charge in [-0.1, -0.05) is 19.1 Å². The number of aryl methyl sites for hydroxylation is 1. The van der Waals surface area contributed by atoms with Gasteiger partial charge < -0.3 is 14.7 Å². The summed E-state index contributed by atoms with van der Waals surface area (Å²) in [5.74, 6) is 1.04. The summed E-state index contributed by atoms with van der Waals surface area (Å²) >= 11 is 0. The van der Waals surface area contributed by atoms with E-state index >= 15 is 0 Å². The van der Waals surface area contributed by atoms with Crippen LogP contribution in [0.3, 0.4) is 0 Å². The molecule has 0 radical (unpaired) electrons. The Morgan fingerprint density at radius 3 is 2.70 bits per heavy atom. The first kappa shape index (κ1) is 17.8. The standard InChI is InChI=1S/C18H28N2O3/c1-3-16(21)14-19-9-11-20(12-10-19)18(22)8-7-15-5-4-6-17(13-15)23-2/h4-6,13,16,21H,3,7-12,14H2,1-2H3. The number of nitrogens with zero attached hydrogens (tertiary/aromatic N) is 2. The molecule has 1 N–H and O–H groups in total. The number of carbonyl (C=O) groups is 1. The Balaban J connectivity index is 1.74. The summed E-state index contributed by atoms with van der Waals surface area (Å²) in [6, 6.07) is 7.88. The van der Waals surface area contributed by atoms with Crippen molar-refractivity contribution in [2.45, 2.75) is 32.3 Å². The molecular weight excluding hydrogens is 292 g/mol. The molecule has 1 aromatic rings. The lowest BCUT2D eigenvalue weighted by Crippen LogP contribution is -2.50. The van der Waals surface area contributed by atoms with Crippen molar-refractivity contribution >= 4 is 5.91 Å². The molecule has 1 heterocycles. The van der Waals surface area contributed by atoms with Crippen LogP contribution in [0.1, 0.15) is 25.3 Å². The molecule has 128 valence electrons. The predicted molar refractivity (Wildman–Crippen MR) is 90.6 cm³/mol. The Morgan fingerprint density at radius 1 is 1.30 bits per heavy atom. The molecule has 1 unspecified atom stereocenters. The molecule has 0 bridgehead atoms. The minimum atomic E-state index is -0.259. The van der Waals surface area contributed by atoms with Gasteiger partial charge in [-0.05, 0) is 30.5 Å². The summed E-state index contributed by atoms with van der Waals surface area (Å²) < 4.78 is 5.21. The number of amides is 1. The zero-order valence-electron chi connectivity index (χ0n) is 14.2. The van der Waals surface area contributed by atoms with Gasteiger partial charge in [0.2, 0.25) is 5.91 Å². The Morgan fingerprint density at radius 2 is 2.04 bits per heavy atom. The highest BCUT2D eigenvalue weighted by Crippen LogP contribution is 2.15. The molecule has 0 aliphatic carbocycles. The van der Waals surface area contributed by atoms with Crippen molar-refractivity contribution in [2.75, 3.05) is 39.8 Å². The molecule has 1 aromatic carbocycles. The number of carbonyl (C=O) groups excluding carboxylic acids is 1. The van der Waals surface area contributed by atoms with E-state index in [1.54, 1.807) is 7.11 Å². The zero-order chi connectivity index (χ0) is 16.7. The van der Waals surface area contributed by atoms with Crippen molar-refractivity contribution in [3.8, 4) is 5.75 Å². The van der Waals surface area contributed by atoms with Crippen molar-refractivity contribution in [2.24, 2.45) is 0 Å². The van der Waals surface area contributed by atoms with E-state index in [0.717, 1.165) is 50.3 Å². The SMILES string of the molecule is CCC(O)CN1CCN(C(=O)CCc2cccc(OC)c2)CC1. The van der Waals surface area contributed by atoms with E-state index in [1.165, 1.54) is 0 Å². The summed E-state index contributed by atoms with van der Waals surface area (Å²) in [7, 11) is 1.65. The van der Waals surface area contributed by atoms with Gasteiger partial charge in [0.1, 0.15) is 5.75 Å². The molecule has 5 nitrogen and oxygen atoms in total. The average Bonchev–Trinajstić information content (AvgIpc) is 2.60. The third kappa shape index (κ3) is 5.52. The van der Waals surface area contributed by atoms with Gasteiger partial charge >= 0.3 is 0 Å². The molecule has 0 saturated carbocycles. The van der Waals surface area contributed by atoms with Crippen molar-refractivity contribution in [3.05, 3.63) is 29.8 Å². The van der Waals surface area contributed by atoms with Gasteiger partial charge in [0.15, 0.2) is 0 Å². The summed E-state index contributed by atoms with van der Waals surface area (Å²) in [6.07, 6.45) is 1.79. The van der Waals surface area contributed by atoms with Gasteiger partial charge in [-0.15, -0.1) is 0 Å². The molecule has 23 heavy (non-hydrogen) atoms. The number of piperazine rings is 1. The van der Waals surface area contributed by atoms with Gasteiger partial charge in [0.05, 0.1) is 13.2 Å². The molecule has 1 fully saturated rings. The second-order valence-electron chi connectivity index (χ2n) is 6.09. The second kappa shape index (κ2) is 8.89. The number of methoxy groups -OCH3 is 1. The number of benzene rings is 1. The van der Waals surface area contributed by atoms with Crippen LogP contribution in [0, 0.1) is 0 Å². The van der Waals surface area contributed by atoms with Crippen molar-refractivity contribution < 1.29 is 14.6 Å². The Bertz CT molecular complexity index is 499. The first-order valence-electron chi connectivity index (χ1n) is 8.43. The highest BCUT2D eigenvalue weighted by atomic mass is 16.5. The second-order valence-corrected chi connectivity index (χ2v) is 6.09. The van der Waals surface area contributed by atoms with Crippen LogP contribution in [0.5, 0.6) is 5.75 Å². The maximum Gasteiger partial charge on any atom is 0.222 e. The third-order valence-corrected chi connectivity index (χ3v) is 4.43. The lowest BCUT2D eigenvalue weighted by atomic mass is 10.1. The largest absolute Gasteiger partial charge is 0.497 e. The van der Waals surface area contributed by atoms with Gasteiger partial charge in [0, 0.05) is 39.1 Å². The molecule has 1 saturated heterocycles. The van der Waals surface area contributed by atoms with Crippen LogP contribution in [0.4, 0.5) is 0 Å². The van der Waals surface area contributed by atoms with Crippen molar-refractivity contribution in [1.29, 1.82) is 0 Å². The summed E-state index contributed by atoms with van der Waals surface area (Å²) in [4.78, 5) is 16.5. The molecule has 1 aliphatic rings. The fourth-order valence-corrected chi connectivity index (χ4v) is 2.84. The first-order chi connectivity index (χ1) is 11.1.